The van der Waals surface area contributed by atoms with Crippen LogP contribution in [-0.4, -0.2) is 61.9 Å². The summed E-state index contributed by atoms with van der Waals surface area (Å²) in [5.41, 5.74) is -0.245. The van der Waals surface area contributed by atoms with E-state index in [-0.39, 0.29) is 16.4 Å². The maximum atomic E-state index is 12.9. The second-order valence-corrected chi connectivity index (χ2v) is 8.59. The number of piperazine rings is 1. The Kier molecular flexibility index (Phi) is 6.78. The Morgan fingerprint density at radius 3 is 2.41 bits per heavy atom. The number of nitro benzene ring substituents is 1. The molecule has 2 aromatic carbocycles. The highest BCUT2D eigenvalue weighted by atomic mass is 32.2. The first kappa shape index (κ1) is 21.2. The molecule has 1 heterocycles. The van der Waals surface area contributed by atoms with E-state index in [1.165, 1.54) is 34.6 Å². The molecular formula is C19H22FN3O5S. The third-order valence-electron chi connectivity index (χ3n) is 4.70. The normalized spacial score (nSPS) is 15.9. The predicted octanol–water partition coefficient (Wildman–Crippen LogP) is 2.51. The quantitative estimate of drug-likeness (QED) is 0.368. The molecule has 8 nitrogen and oxygen atoms in total. The summed E-state index contributed by atoms with van der Waals surface area (Å²) >= 11 is 0. The van der Waals surface area contributed by atoms with Crippen LogP contribution in [0.1, 0.15) is 6.42 Å². The van der Waals surface area contributed by atoms with Gasteiger partial charge in [-0.25, -0.2) is 12.8 Å². The molecule has 1 aliphatic heterocycles. The first-order chi connectivity index (χ1) is 13.9. The molecule has 0 amide bonds. The van der Waals surface area contributed by atoms with E-state index in [0.717, 1.165) is 19.0 Å². The van der Waals surface area contributed by atoms with Crippen molar-refractivity contribution in [1.82, 2.24) is 9.21 Å². The fourth-order valence-electron chi connectivity index (χ4n) is 3.11. The van der Waals surface area contributed by atoms with Crippen LogP contribution in [0.4, 0.5) is 10.1 Å². The van der Waals surface area contributed by atoms with E-state index < -0.39 is 14.9 Å². The monoisotopic (exact) mass is 423 g/mol. The Morgan fingerprint density at radius 1 is 1.07 bits per heavy atom. The molecule has 0 radical (unpaired) electrons. The van der Waals surface area contributed by atoms with Crippen molar-refractivity contribution in [3.05, 3.63) is 64.5 Å². The zero-order valence-corrected chi connectivity index (χ0v) is 16.6. The van der Waals surface area contributed by atoms with E-state index in [0.29, 0.717) is 38.5 Å². The zero-order valence-electron chi connectivity index (χ0n) is 15.7. The van der Waals surface area contributed by atoms with Gasteiger partial charge in [0.2, 0.25) is 10.0 Å². The molecule has 156 valence electrons. The summed E-state index contributed by atoms with van der Waals surface area (Å²) in [6, 6.07) is 11.0. The van der Waals surface area contributed by atoms with Crippen LogP contribution in [-0.2, 0) is 10.0 Å². The van der Waals surface area contributed by atoms with Gasteiger partial charge in [-0.05, 0) is 36.8 Å². The summed E-state index contributed by atoms with van der Waals surface area (Å²) < 4.78 is 45.3. The van der Waals surface area contributed by atoms with E-state index >= 15 is 0 Å². The van der Waals surface area contributed by atoms with Crippen molar-refractivity contribution in [2.45, 2.75) is 11.3 Å². The topological polar surface area (TPSA) is 93.0 Å². The maximum absolute atomic E-state index is 12.9. The van der Waals surface area contributed by atoms with Gasteiger partial charge in [-0.15, -0.1) is 0 Å². The maximum Gasteiger partial charge on any atom is 0.270 e. The van der Waals surface area contributed by atoms with Crippen molar-refractivity contribution < 1.29 is 22.5 Å². The molecule has 3 rings (SSSR count). The molecule has 1 fully saturated rings. The van der Waals surface area contributed by atoms with Gasteiger partial charge in [0.05, 0.1) is 16.4 Å². The summed E-state index contributed by atoms with van der Waals surface area (Å²) in [6.07, 6.45) is 0.759. The average Bonchev–Trinajstić information content (AvgIpc) is 2.73. The molecule has 0 saturated carbocycles. The van der Waals surface area contributed by atoms with E-state index in [1.54, 1.807) is 12.1 Å². The minimum atomic E-state index is -3.76. The van der Waals surface area contributed by atoms with Crippen molar-refractivity contribution in [3.8, 4) is 5.75 Å². The first-order valence-electron chi connectivity index (χ1n) is 9.21. The SMILES string of the molecule is O=[N+]([O-])c1cccc(S(=O)(=O)N2CCN(CCCOc3ccc(F)cc3)CC2)c1. The molecule has 2 aromatic rings. The predicted molar refractivity (Wildman–Crippen MR) is 105 cm³/mol. The van der Waals surface area contributed by atoms with E-state index in [1.807, 2.05) is 0 Å². The number of benzene rings is 2. The van der Waals surface area contributed by atoms with E-state index in [9.17, 15) is 22.9 Å². The van der Waals surface area contributed by atoms with Crippen LogP contribution in [0.15, 0.2) is 53.4 Å². The Morgan fingerprint density at radius 2 is 1.76 bits per heavy atom. The number of nitro groups is 1. The molecule has 0 N–H and O–H groups in total. The van der Waals surface area contributed by atoms with Gasteiger partial charge in [-0.1, -0.05) is 6.07 Å². The van der Waals surface area contributed by atoms with Crippen LogP contribution in [0.2, 0.25) is 0 Å². The molecule has 0 unspecified atom stereocenters. The minimum Gasteiger partial charge on any atom is -0.494 e. The summed E-state index contributed by atoms with van der Waals surface area (Å²) in [5.74, 6) is 0.301. The van der Waals surface area contributed by atoms with Gasteiger partial charge in [0.25, 0.3) is 5.69 Å². The van der Waals surface area contributed by atoms with E-state index in [4.69, 9.17) is 4.74 Å². The second-order valence-electron chi connectivity index (χ2n) is 6.66. The number of non-ortho nitro benzene ring substituents is 1. The molecule has 0 bridgehead atoms. The molecule has 0 spiro atoms. The summed E-state index contributed by atoms with van der Waals surface area (Å²) in [6.45, 7) is 3.03. The molecular weight excluding hydrogens is 401 g/mol. The fourth-order valence-corrected chi connectivity index (χ4v) is 4.57. The number of rotatable bonds is 8. The molecule has 1 aliphatic rings. The van der Waals surface area contributed by atoms with Crippen LogP contribution in [0, 0.1) is 15.9 Å². The Bertz CT molecular complexity index is 945. The van der Waals surface area contributed by atoms with Crippen molar-refractivity contribution in [2.24, 2.45) is 0 Å². The van der Waals surface area contributed by atoms with Gasteiger partial charge in [-0.2, -0.15) is 4.31 Å². The number of halogens is 1. The second kappa shape index (κ2) is 9.29. The molecule has 10 heteroatoms. The first-order valence-corrected chi connectivity index (χ1v) is 10.7. The average molecular weight is 423 g/mol. The molecule has 29 heavy (non-hydrogen) atoms. The van der Waals surface area contributed by atoms with Crippen LogP contribution in [0.3, 0.4) is 0 Å². The molecule has 1 saturated heterocycles. The van der Waals surface area contributed by atoms with Crippen molar-refractivity contribution in [2.75, 3.05) is 39.3 Å². The van der Waals surface area contributed by atoms with Crippen LogP contribution >= 0.6 is 0 Å². The van der Waals surface area contributed by atoms with Gasteiger partial charge in [0.1, 0.15) is 11.6 Å². The molecule has 0 atom stereocenters. The third-order valence-corrected chi connectivity index (χ3v) is 6.59. The minimum absolute atomic E-state index is 0.0622. The van der Waals surface area contributed by atoms with Crippen LogP contribution < -0.4 is 4.74 Å². The van der Waals surface area contributed by atoms with Crippen molar-refractivity contribution >= 4 is 15.7 Å². The Hall–Kier alpha value is -2.56. The highest BCUT2D eigenvalue weighted by molar-refractivity contribution is 7.89. The van der Waals surface area contributed by atoms with Gasteiger partial charge >= 0.3 is 0 Å². The lowest BCUT2D eigenvalue weighted by Gasteiger charge is -2.33. The van der Waals surface area contributed by atoms with Crippen molar-refractivity contribution in [3.63, 3.8) is 0 Å². The Labute approximate surface area is 168 Å². The standard InChI is InChI=1S/C19H22FN3O5S/c20-16-5-7-18(8-6-16)28-14-2-9-21-10-12-22(13-11-21)29(26,27)19-4-1-3-17(15-19)23(24)25/h1,3-8,15H,2,9-14H2. The van der Waals surface area contributed by atoms with Gasteiger partial charge in [-0.3, -0.25) is 10.1 Å². The number of nitrogens with zero attached hydrogens (tertiary/aromatic N) is 3. The number of hydrogen-bond donors (Lipinski definition) is 0. The number of ether oxygens (including phenoxy) is 1. The third kappa shape index (κ3) is 5.49. The summed E-state index contributed by atoms with van der Waals surface area (Å²) in [5, 5.41) is 10.9. The van der Waals surface area contributed by atoms with Gasteiger partial charge in [0.15, 0.2) is 0 Å². The largest absolute Gasteiger partial charge is 0.494 e. The van der Waals surface area contributed by atoms with Gasteiger partial charge < -0.3 is 9.64 Å². The lowest BCUT2D eigenvalue weighted by atomic mass is 10.3. The smallest absolute Gasteiger partial charge is 0.270 e. The van der Waals surface area contributed by atoms with Gasteiger partial charge in [0, 0.05) is 44.9 Å². The number of hydrogen-bond acceptors (Lipinski definition) is 6. The lowest BCUT2D eigenvalue weighted by Crippen LogP contribution is -2.48. The summed E-state index contributed by atoms with van der Waals surface area (Å²) in [7, 11) is -3.76. The Balaban J connectivity index is 1.46. The fraction of sp³-hybridized carbons (Fsp3) is 0.368. The van der Waals surface area contributed by atoms with Crippen LogP contribution in [0.5, 0.6) is 5.75 Å². The van der Waals surface area contributed by atoms with Crippen molar-refractivity contribution in [1.29, 1.82) is 0 Å². The van der Waals surface area contributed by atoms with E-state index in [2.05, 4.69) is 4.90 Å². The number of sulfonamides is 1. The zero-order chi connectivity index (χ0) is 20.9. The highest BCUT2D eigenvalue weighted by Crippen LogP contribution is 2.22. The lowest BCUT2D eigenvalue weighted by molar-refractivity contribution is -0.385. The summed E-state index contributed by atoms with van der Waals surface area (Å²) in [4.78, 5) is 12.4. The van der Waals surface area contributed by atoms with Crippen LogP contribution in [0.25, 0.3) is 0 Å². The highest BCUT2D eigenvalue weighted by Gasteiger charge is 2.29. The molecule has 0 aromatic heterocycles. The molecule has 0 aliphatic carbocycles.